The summed E-state index contributed by atoms with van der Waals surface area (Å²) in [5, 5.41) is 3.03. The number of carbonyl (C=O) groups excluding carboxylic acids is 2. The molecule has 1 N–H and O–H groups in total. The third-order valence-corrected chi connectivity index (χ3v) is 3.90. The first kappa shape index (κ1) is 17.0. The van der Waals surface area contributed by atoms with Gasteiger partial charge in [-0.3, -0.25) is 4.79 Å². The summed E-state index contributed by atoms with van der Waals surface area (Å²) in [7, 11) is 0. The number of amides is 1. The Morgan fingerprint density at radius 1 is 1.26 bits per heavy atom. The van der Waals surface area contributed by atoms with Crippen LogP contribution in [0.25, 0.3) is 0 Å². The molecule has 0 unspecified atom stereocenters. The molecule has 0 bridgehead atoms. The molecule has 1 aromatic carbocycles. The highest BCUT2D eigenvalue weighted by Crippen LogP contribution is 2.25. The van der Waals surface area contributed by atoms with Crippen molar-refractivity contribution in [3.05, 3.63) is 41.1 Å². The molecule has 122 valence electrons. The van der Waals surface area contributed by atoms with Gasteiger partial charge in [0.2, 0.25) is 0 Å². The van der Waals surface area contributed by atoms with Crippen LogP contribution in [0.4, 0.5) is 5.00 Å². The lowest BCUT2D eigenvalue weighted by atomic mass is 10.2. The van der Waals surface area contributed by atoms with Crippen molar-refractivity contribution < 1.29 is 19.1 Å². The van der Waals surface area contributed by atoms with Crippen molar-refractivity contribution >= 4 is 28.4 Å². The lowest BCUT2D eigenvalue weighted by Crippen LogP contribution is -2.21. The number of para-hydroxylation sites is 1. The molecule has 2 aromatic rings. The number of rotatable bonds is 6. The average Bonchev–Trinajstić information content (AvgIpc) is 2.87. The maximum atomic E-state index is 12.0. The predicted molar refractivity (Wildman–Crippen MR) is 88.1 cm³/mol. The van der Waals surface area contributed by atoms with E-state index in [0.717, 1.165) is 17.1 Å². The van der Waals surface area contributed by atoms with Crippen LogP contribution in [0.3, 0.4) is 0 Å². The topological polar surface area (TPSA) is 77.5 Å². The zero-order valence-electron chi connectivity index (χ0n) is 13.2. The highest BCUT2D eigenvalue weighted by atomic mass is 32.1. The molecule has 0 aliphatic rings. The normalized spacial score (nSPS) is 10.2. The summed E-state index contributed by atoms with van der Waals surface area (Å²) < 4.78 is 14.6. The number of anilines is 1. The Balaban J connectivity index is 2.01. The van der Waals surface area contributed by atoms with Crippen molar-refractivity contribution in [2.45, 2.75) is 20.8 Å². The summed E-state index contributed by atoms with van der Waals surface area (Å²) in [6, 6.07) is 7.43. The summed E-state index contributed by atoms with van der Waals surface area (Å²) >= 11 is 1.05. The van der Waals surface area contributed by atoms with Gasteiger partial charge >= 0.3 is 5.97 Å². The smallest absolute Gasteiger partial charge is 0.343 e. The minimum atomic E-state index is -0.492. The number of nitrogens with one attached hydrogen (secondary N) is 1. The van der Waals surface area contributed by atoms with Crippen LogP contribution in [0.15, 0.2) is 24.3 Å². The summed E-state index contributed by atoms with van der Waals surface area (Å²) in [5.41, 5.74) is 1.77. The Morgan fingerprint density at radius 3 is 2.70 bits per heavy atom. The zero-order valence-corrected chi connectivity index (χ0v) is 14.0. The lowest BCUT2D eigenvalue weighted by molar-refractivity contribution is -0.118. The van der Waals surface area contributed by atoms with Crippen molar-refractivity contribution in [2.75, 3.05) is 18.5 Å². The molecule has 2 rings (SSSR count). The first-order chi connectivity index (χ1) is 11.0. The highest BCUT2D eigenvalue weighted by Gasteiger charge is 2.21. The fourth-order valence-electron chi connectivity index (χ4n) is 1.92. The number of ether oxygens (including phenoxy) is 2. The van der Waals surface area contributed by atoms with Crippen LogP contribution in [0.2, 0.25) is 0 Å². The molecule has 0 fully saturated rings. The van der Waals surface area contributed by atoms with E-state index in [9.17, 15) is 9.59 Å². The van der Waals surface area contributed by atoms with Crippen LogP contribution in [0.1, 0.15) is 28.5 Å². The van der Waals surface area contributed by atoms with Crippen molar-refractivity contribution in [1.82, 2.24) is 4.37 Å². The monoisotopic (exact) mass is 334 g/mol. The van der Waals surface area contributed by atoms with Gasteiger partial charge in [0.15, 0.2) is 6.61 Å². The second kappa shape index (κ2) is 7.73. The molecule has 23 heavy (non-hydrogen) atoms. The zero-order chi connectivity index (χ0) is 16.8. The summed E-state index contributed by atoms with van der Waals surface area (Å²) in [5.74, 6) is -0.204. The predicted octanol–water partition coefficient (Wildman–Crippen LogP) is 2.95. The van der Waals surface area contributed by atoms with E-state index in [1.165, 1.54) is 0 Å². The molecule has 1 amide bonds. The first-order valence-corrected chi connectivity index (χ1v) is 7.92. The van der Waals surface area contributed by atoms with Gasteiger partial charge in [-0.05, 0) is 43.9 Å². The van der Waals surface area contributed by atoms with Gasteiger partial charge in [-0.15, -0.1) is 0 Å². The van der Waals surface area contributed by atoms with Gasteiger partial charge in [0.05, 0.1) is 12.3 Å². The number of hydrogen-bond donors (Lipinski definition) is 1. The molecule has 7 heteroatoms. The largest absolute Gasteiger partial charge is 0.483 e. The molecule has 0 atom stereocenters. The molecule has 0 saturated carbocycles. The summed E-state index contributed by atoms with van der Waals surface area (Å²) in [4.78, 5) is 23.9. The number of carbonyl (C=O) groups is 2. The van der Waals surface area contributed by atoms with E-state index in [-0.39, 0.29) is 19.1 Å². The third-order valence-electron chi connectivity index (χ3n) is 3.05. The van der Waals surface area contributed by atoms with E-state index in [1.54, 1.807) is 19.9 Å². The second-order valence-electron chi connectivity index (χ2n) is 4.79. The van der Waals surface area contributed by atoms with Crippen LogP contribution in [0, 0.1) is 13.8 Å². The average molecular weight is 334 g/mol. The third kappa shape index (κ3) is 4.29. The Hall–Kier alpha value is -2.41. The SMILES string of the molecule is CCOC(=O)c1c(C)nsc1NC(=O)COc1ccccc1C. The van der Waals surface area contributed by atoms with Crippen LogP contribution in [-0.4, -0.2) is 29.5 Å². The van der Waals surface area contributed by atoms with Crippen molar-refractivity contribution in [2.24, 2.45) is 0 Å². The van der Waals surface area contributed by atoms with E-state index in [2.05, 4.69) is 9.69 Å². The van der Waals surface area contributed by atoms with Crippen molar-refractivity contribution in [1.29, 1.82) is 0 Å². The molecule has 0 aliphatic carbocycles. The lowest BCUT2D eigenvalue weighted by Gasteiger charge is -2.09. The number of nitrogens with zero attached hydrogens (tertiary/aromatic N) is 1. The second-order valence-corrected chi connectivity index (χ2v) is 5.57. The number of aryl methyl sites for hydroxylation is 2. The summed E-state index contributed by atoms with van der Waals surface area (Å²) in [6.45, 7) is 5.43. The van der Waals surface area contributed by atoms with Gasteiger partial charge in [0.1, 0.15) is 16.3 Å². The number of hydrogen-bond acceptors (Lipinski definition) is 6. The van der Waals surface area contributed by atoms with Gasteiger partial charge in [0.25, 0.3) is 5.91 Å². The Morgan fingerprint density at radius 2 is 2.00 bits per heavy atom. The van der Waals surface area contributed by atoms with Crippen LogP contribution in [-0.2, 0) is 9.53 Å². The molecule has 0 saturated heterocycles. The maximum Gasteiger partial charge on any atom is 0.343 e. The fraction of sp³-hybridized carbons (Fsp3) is 0.312. The van der Waals surface area contributed by atoms with Crippen LogP contribution < -0.4 is 10.1 Å². The summed E-state index contributed by atoms with van der Waals surface area (Å²) in [6.07, 6.45) is 0. The quantitative estimate of drug-likeness (QED) is 0.822. The fourth-order valence-corrected chi connectivity index (χ4v) is 2.72. The van der Waals surface area contributed by atoms with Crippen LogP contribution in [0.5, 0.6) is 5.75 Å². The Kier molecular flexibility index (Phi) is 5.70. The molecule has 6 nitrogen and oxygen atoms in total. The van der Waals surface area contributed by atoms with E-state index in [4.69, 9.17) is 9.47 Å². The molecular formula is C16H18N2O4S. The number of benzene rings is 1. The minimum Gasteiger partial charge on any atom is -0.483 e. The van der Waals surface area contributed by atoms with Gasteiger partial charge < -0.3 is 14.8 Å². The molecule has 0 aliphatic heterocycles. The molecular weight excluding hydrogens is 316 g/mol. The number of esters is 1. The van der Waals surface area contributed by atoms with E-state index in [0.29, 0.717) is 22.0 Å². The van der Waals surface area contributed by atoms with Crippen molar-refractivity contribution in [3.63, 3.8) is 0 Å². The minimum absolute atomic E-state index is 0.149. The van der Waals surface area contributed by atoms with Crippen molar-refractivity contribution in [3.8, 4) is 5.75 Å². The van der Waals surface area contributed by atoms with Crippen LogP contribution >= 0.6 is 11.5 Å². The van der Waals surface area contributed by atoms with E-state index < -0.39 is 5.97 Å². The Bertz CT molecular complexity index is 712. The van der Waals surface area contributed by atoms with Gasteiger partial charge in [-0.1, -0.05) is 18.2 Å². The van der Waals surface area contributed by atoms with E-state index >= 15 is 0 Å². The molecule has 1 heterocycles. The standard InChI is InChI=1S/C16H18N2O4S/c1-4-21-16(20)14-11(3)18-23-15(14)17-13(19)9-22-12-8-6-5-7-10(12)2/h5-8H,4,9H2,1-3H3,(H,17,19). The Labute approximate surface area is 138 Å². The van der Waals surface area contributed by atoms with Gasteiger partial charge in [-0.2, -0.15) is 4.37 Å². The van der Waals surface area contributed by atoms with Gasteiger partial charge in [-0.25, -0.2) is 4.79 Å². The van der Waals surface area contributed by atoms with Gasteiger partial charge in [0, 0.05) is 0 Å². The molecule has 0 spiro atoms. The first-order valence-electron chi connectivity index (χ1n) is 7.14. The maximum absolute atomic E-state index is 12.0. The highest BCUT2D eigenvalue weighted by molar-refractivity contribution is 7.11. The molecule has 0 radical (unpaired) electrons. The van der Waals surface area contributed by atoms with E-state index in [1.807, 2.05) is 25.1 Å². The molecule has 1 aromatic heterocycles. The number of aromatic nitrogens is 1.